The Hall–Kier alpha value is -1.63. The van der Waals surface area contributed by atoms with Crippen LogP contribution in [0.15, 0.2) is 30.3 Å². The number of hydrogen-bond acceptors (Lipinski definition) is 5. The summed E-state index contributed by atoms with van der Waals surface area (Å²) in [4.78, 5) is 13.0. The first-order chi connectivity index (χ1) is 9.08. The van der Waals surface area contributed by atoms with Gasteiger partial charge in [-0.15, -0.1) is 0 Å². The number of rotatable bonds is 2. The van der Waals surface area contributed by atoms with Gasteiger partial charge in [0, 0.05) is 0 Å². The number of nitrogens with zero attached hydrogens (tertiary/aromatic N) is 1. The second-order valence-corrected chi connectivity index (χ2v) is 4.57. The molecule has 0 bridgehead atoms. The number of likely N-dealkylation sites (tertiary alicyclic amines) is 1. The number of carbonyl (C=O) groups excluding carboxylic acids is 1. The number of hydrogen-bond donors (Lipinski definition) is 3. The zero-order chi connectivity index (χ0) is 13.8. The van der Waals surface area contributed by atoms with Crippen LogP contribution in [-0.2, 0) is 11.3 Å². The highest BCUT2D eigenvalue weighted by molar-refractivity contribution is 5.68. The van der Waals surface area contributed by atoms with Gasteiger partial charge in [0.2, 0.25) is 0 Å². The van der Waals surface area contributed by atoms with E-state index in [1.807, 2.05) is 30.3 Å². The Kier molecular flexibility index (Phi) is 4.36. The number of piperidine rings is 1. The minimum atomic E-state index is -1.22. The number of amides is 1. The third kappa shape index (κ3) is 3.44. The Morgan fingerprint density at radius 3 is 2.32 bits per heavy atom. The van der Waals surface area contributed by atoms with Crippen LogP contribution in [0.2, 0.25) is 0 Å². The first-order valence-electron chi connectivity index (χ1n) is 6.07. The molecule has 0 aliphatic carbocycles. The molecule has 6 heteroatoms. The summed E-state index contributed by atoms with van der Waals surface area (Å²) in [7, 11) is 0. The highest BCUT2D eigenvalue weighted by atomic mass is 16.6. The zero-order valence-corrected chi connectivity index (χ0v) is 10.3. The van der Waals surface area contributed by atoms with Crippen LogP contribution in [0.25, 0.3) is 0 Å². The Morgan fingerprint density at radius 1 is 1.16 bits per heavy atom. The molecule has 1 saturated heterocycles. The van der Waals surface area contributed by atoms with Crippen LogP contribution < -0.4 is 0 Å². The molecule has 3 atom stereocenters. The molecule has 3 N–H and O–H groups in total. The van der Waals surface area contributed by atoms with Gasteiger partial charge < -0.3 is 25.0 Å². The van der Waals surface area contributed by atoms with Crippen molar-refractivity contribution in [2.24, 2.45) is 0 Å². The molecule has 1 aromatic rings. The molecule has 0 aromatic heterocycles. The molecular formula is C13H17NO5. The summed E-state index contributed by atoms with van der Waals surface area (Å²) in [5, 5.41) is 28.4. The van der Waals surface area contributed by atoms with E-state index in [2.05, 4.69) is 0 Å². The van der Waals surface area contributed by atoms with E-state index in [-0.39, 0.29) is 19.7 Å². The number of aliphatic hydroxyl groups is 3. The zero-order valence-electron chi connectivity index (χ0n) is 10.3. The molecule has 1 fully saturated rings. The largest absolute Gasteiger partial charge is 0.445 e. The number of β-amino-alcohol motifs (C(OH)–C–C–N with tert-alkyl or cyclic N) is 2. The summed E-state index contributed by atoms with van der Waals surface area (Å²) in [5.41, 5.74) is 0.856. The van der Waals surface area contributed by atoms with Crippen molar-refractivity contribution in [3.8, 4) is 0 Å². The molecule has 2 rings (SSSR count). The fourth-order valence-corrected chi connectivity index (χ4v) is 1.96. The lowest BCUT2D eigenvalue weighted by Crippen LogP contribution is -2.56. The van der Waals surface area contributed by atoms with Crippen LogP contribution in [-0.4, -0.2) is 57.7 Å². The van der Waals surface area contributed by atoms with Crippen molar-refractivity contribution in [3.63, 3.8) is 0 Å². The minimum absolute atomic E-state index is 0.0498. The van der Waals surface area contributed by atoms with Crippen LogP contribution in [0.1, 0.15) is 5.56 Å². The average molecular weight is 267 g/mol. The lowest BCUT2D eigenvalue weighted by Gasteiger charge is -2.36. The van der Waals surface area contributed by atoms with Crippen LogP contribution >= 0.6 is 0 Å². The quantitative estimate of drug-likeness (QED) is 0.686. The number of benzene rings is 1. The second-order valence-electron chi connectivity index (χ2n) is 4.57. The monoisotopic (exact) mass is 267 g/mol. The third-order valence-electron chi connectivity index (χ3n) is 3.07. The Morgan fingerprint density at radius 2 is 1.74 bits per heavy atom. The molecule has 0 saturated carbocycles. The van der Waals surface area contributed by atoms with E-state index >= 15 is 0 Å². The lowest BCUT2D eigenvalue weighted by molar-refractivity contribution is -0.105. The maximum Gasteiger partial charge on any atom is 0.410 e. The van der Waals surface area contributed by atoms with E-state index in [1.54, 1.807) is 0 Å². The Balaban J connectivity index is 1.87. The molecule has 0 spiro atoms. The summed E-state index contributed by atoms with van der Waals surface area (Å²) in [6.07, 6.45) is -4.16. The molecule has 1 unspecified atom stereocenters. The van der Waals surface area contributed by atoms with Gasteiger partial charge in [-0.3, -0.25) is 0 Å². The van der Waals surface area contributed by atoms with E-state index in [0.717, 1.165) is 5.56 Å². The molecule has 19 heavy (non-hydrogen) atoms. The van der Waals surface area contributed by atoms with Gasteiger partial charge >= 0.3 is 6.09 Å². The lowest BCUT2D eigenvalue weighted by atomic mass is 10.0. The summed E-state index contributed by atoms with van der Waals surface area (Å²) in [5.74, 6) is 0. The molecule has 6 nitrogen and oxygen atoms in total. The van der Waals surface area contributed by atoms with Crippen LogP contribution in [0.5, 0.6) is 0 Å². The van der Waals surface area contributed by atoms with Gasteiger partial charge in [-0.05, 0) is 5.56 Å². The molecule has 1 heterocycles. The van der Waals surface area contributed by atoms with E-state index in [0.29, 0.717) is 0 Å². The maximum absolute atomic E-state index is 11.8. The molecule has 1 aliphatic heterocycles. The van der Waals surface area contributed by atoms with Gasteiger partial charge in [0.1, 0.15) is 24.9 Å². The van der Waals surface area contributed by atoms with Crippen molar-refractivity contribution >= 4 is 6.09 Å². The molecule has 104 valence electrons. The average Bonchev–Trinajstić information content (AvgIpc) is 2.42. The van der Waals surface area contributed by atoms with Gasteiger partial charge in [-0.25, -0.2) is 4.79 Å². The molecule has 1 aromatic carbocycles. The molecule has 1 aliphatic rings. The SMILES string of the molecule is O=C(OCc1ccccc1)N1C[C@@H](O)C(O)[C@@H](O)C1. The van der Waals surface area contributed by atoms with E-state index < -0.39 is 24.4 Å². The van der Waals surface area contributed by atoms with Crippen LogP contribution in [0.4, 0.5) is 4.79 Å². The van der Waals surface area contributed by atoms with Crippen LogP contribution in [0, 0.1) is 0 Å². The van der Waals surface area contributed by atoms with E-state index in [9.17, 15) is 20.1 Å². The van der Waals surface area contributed by atoms with Gasteiger partial charge in [0.25, 0.3) is 0 Å². The summed E-state index contributed by atoms with van der Waals surface area (Å²) in [6, 6.07) is 9.21. The third-order valence-corrected chi connectivity index (χ3v) is 3.07. The second kappa shape index (κ2) is 6.01. The number of aliphatic hydroxyl groups excluding tert-OH is 3. The molecular weight excluding hydrogens is 250 g/mol. The summed E-state index contributed by atoms with van der Waals surface area (Å²) in [6.45, 7) is 0.0304. The highest BCUT2D eigenvalue weighted by Crippen LogP contribution is 2.13. The summed E-state index contributed by atoms with van der Waals surface area (Å²) >= 11 is 0. The fraction of sp³-hybridized carbons (Fsp3) is 0.462. The number of carbonyl (C=O) groups is 1. The van der Waals surface area contributed by atoms with Crippen molar-refractivity contribution in [2.75, 3.05) is 13.1 Å². The van der Waals surface area contributed by atoms with Gasteiger partial charge in [0.15, 0.2) is 0 Å². The topological polar surface area (TPSA) is 90.2 Å². The first-order valence-corrected chi connectivity index (χ1v) is 6.07. The maximum atomic E-state index is 11.8. The molecule has 0 radical (unpaired) electrons. The van der Waals surface area contributed by atoms with E-state index in [4.69, 9.17) is 4.74 Å². The van der Waals surface area contributed by atoms with Crippen molar-refractivity contribution in [1.29, 1.82) is 0 Å². The van der Waals surface area contributed by atoms with Crippen molar-refractivity contribution < 1.29 is 24.9 Å². The Bertz CT molecular complexity index is 412. The van der Waals surface area contributed by atoms with Gasteiger partial charge in [0.05, 0.1) is 13.1 Å². The highest BCUT2D eigenvalue weighted by Gasteiger charge is 2.36. The Labute approximate surface area is 110 Å². The smallest absolute Gasteiger partial charge is 0.410 e. The molecule has 1 amide bonds. The van der Waals surface area contributed by atoms with Gasteiger partial charge in [-0.1, -0.05) is 30.3 Å². The number of ether oxygens (including phenoxy) is 1. The normalized spacial score (nSPS) is 27.1. The minimum Gasteiger partial charge on any atom is -0.445 e. The van der Waals surface area contributed by atoms with E-state index in [1.165, 1.54) is 4.90 Å². The first kappa shape index (κ1) is 13.8. The van der Waals surface area contributed by atoms with Gasteiger partial charge in [-0.2, -0.15) is 0 Å². The van der Waals surface area contributed by atoms with Crippen LogP contribution in [0.3, 0.4) is 0 Å². The predicted octanol–water partition coefficient (Wildman–Crippen LogP) is -0.278. The van der Waals surface area contributed by atoms with Crippen molar-refractivity contribution in [2.45, 2.75) is 24.9 Å². The summed E-state index contributed by atoms with van der Waals surface area (Å²) < 4.78 is 5.08. The van der Waals surface area contributed by atoms with Crippen molar-refractivity contribution in [3.05, 3.63) is 35.9 Å². The standard InChI is InChI=1S/C13H17NO5/c15-10-6-14(7-11(16)12(10)17)13(18)19-8-9-4-2-1-3-5-9/h1-5,10-12,15-17H,6-8H2/t10-,11+,12?. The van der Waals surface area contributed by atoms with Crippen molar-refractivity contribution in [1.82, 2.24) is 4.90 Å². The fourth-order valence-electron chi connectivity index (χ4n) is 1.96. The predicted molar refractivity (Wildman–Crippen MR) is 66.2 cm³/mol.